The number of halogens is 3. The normalized spacial score (nSPS) is 11.1. The van der Waals surface area contributed by atoms with Gasteiger partial charge in [0, 0.05) is 45.0 Å². The van der Waals surface area contributed by atoms with Crippen molar-refractivity contribution in [2.75, 3.05) is 19.4 Å². The molecular weight excluding hydrogens is 435 g/mol. The molecule has 0 saturated heterocycles. The molecule has 0 fully saturated rings. The van der Waals surface area contributed by atoms with Gasteiger partial charge in [0.2, 0.25) is 0 Å². The van der Waals surface area contributed by atoms with E-state index in [2.05, 4.69) is 20.6 Å². The van der Waals surface area contributed by atoms with E-state index in [4.69, 9.17) is 10.1 Å². The van der Waals surface area contributed by atoms with Crippen LogP contribution >= 0.6 is 0 Å². The molecule has 0 radical (unpaired) electrons. The van der Waals surface area contributed by atoms with Crippen molar-refractivity contribution < 1.29 is 24.1 Å². The molecule has 0 atom stereocenters. The van der Waals surface area contributed by atoms with E-state index in [-0.39, 0.29) is 18.8 Å². The summed E-state index contributed by atoms with van der Waals surface area (Å²) in [6.07, 6.45) is -1.48. The summed E-state index contributed by atoms with van der Waals surface area (Å²) >= 11 is 0. The predicted molar refractivity (Wildman–Crippen MR) is 121 cm³/mol. The number of nitrogens with one attached hydrogen (secondary N) is 3. The van der Waals surface area contributed by atoms with Gasteiger partial charge in [-0.25, -0.2) is 4.98 Å². The fourth-order valence-corrected chi connectivity index (χ4v) is 3.20. The summed E-state index contributed by atoms with van der Waals surface area (Å²) < 4.78 is 44.5. The Morgan fingerprint density at radius 2 is 1.88 bits per heavy atom. The van der Waals surface area contributed by atoms with Gasteiger partial charge in [-0.3, -0.25) is 15.2 Å². The van der Waals surface area contributed by atoms with Gasteiger partial charge in [0.15, 0.2) is 5.71 Å². The van der Waals surface area contributed by atoms with Crippen molar-refractivity contribution in [3.63, 3.8) is 0 Å². The lowest BCUT2D eigenvalue weighted by Crippen LogP contribution is -2.24. The summed E-state index contributed by atoms with van der Waals surface area (Å²) in [6.45, 7) is 1.95. The molecule has 1 aromatic carbocycles. The number of nitrogens with zero attached hydrogens (tertiary/aromatic N) is 2. The highest BCUT2D eigenvalue weighted by Crippen LogP contribution is 2.31. The molecule has 3 N–H and O–H groups in total. The molecule has 0 aliphatic carbocycles. The second kappa shape index (κ2) is 9.68. The van der Waals surface area contributed by atoms with Crippen LogP contribution < -0.4 is 15.4 Å². The van der Waals surface area contributed by atoms with Crippen molar-refractivity contribution >= 4 is 17.3 Å². The first kappa shape index (κ1) is 23.7. The van der Waals surface area contributed by atoms with Crippen LogP contribution in [0.4, 0.5) is 18.9 Å². The van der Waals surface area contributed by atoms with E-state index in [0.717, 1.165) is 17.3 Å². The Kier molecular flexibility index (Phi) is 6.95. The number of benzene rings is 1. The Morgan fingerprint density at radius 1 is 1.12 bits per heavy atom. The molecule has 0 saturated carbocycles. The van der Waals surface area contributed by atoms with Crippen LogP contribution in [0.1, 0.15) is 30.0 Å². The lowest BCUT2D eigenvalue weighted by molar-refractivity contribution is -0.0589. The lowest BCUT2D eigenvalue weighted by Gasteiger charge is -2.14. The van der Waals surface area contributed by atoms with E-state index in [0.29, 0.717) is 23.4 Å². The smallest absolute Gasteiger partial charge is 0.434 e. The number of aryl methyl sites for hydroxylation is 1. The fourth-order valence-electron chi connectivity index (χ4n) is 3.20. The van der Waals surface area contributed by atoms with Gasteiger partial charge in [0.05, 0.1) is 17.6 Å². The first-order valence-electron chi connectivity index (χ1n) is 10.0. The number of carbonyl (C=O) groups excluding carboxylic acids is 1. The van der Waals surface area contributed by atoms with Crippen LogP contribution in [0.3, 0.4) is 0 Å². The maximum atomic E-state index is 12.9. The first-order valence-corrected chi connectivity index (χ1v) is 10.0. The number of hydrogen-bond acceptors (Lipinski definition) is 6. The van der Waals surface area contributed by atoms with Crippen LogP contribution in [0.2, 0.25) is 0 Å². The van der Waals surface area contributed by atoms with Gasteiger partial charge in [-0.2, -0.15) is 13.2 Å². The summed E-state index contributed by atoms with van der Waals surface area (Å²) in [5, 5.41) is 12.6. The SMILES string of the molecule is CCc1cc(-c2cc(Oc3cnc(C(=N)C(F)(F)F)c(NC)c3)ccn2)ccc1C(=O)NC.[HH]. The van der Waals surface area contributed by atoms with Crippen molar-refractivity contribution in [2.45, 2.75) is 19.5 Å². The third kappa shape index (κ3) is 5.28. The number of alkyl halides is 3. The number of carbonyl (C=O) groups is 1. The van der Waals surface area contributed by atoms with Crippen molar-refractivity contribution in [3.8, 4) is 22.8 Å². The van der Waals surface area contributed by atoms with Crippen molar-refractivity contribution in [2.24, 2.45) is 0 Å². The Bertz CT molecular complexity index is 1200. The Labute approximate surface area is 190 Å². The van der Waals surface area contributed by atoms with Gasteiger partial charge in [-0.1, -0.05) is 13.0 Å². The fraction of sp³-hybridized carbons (Fsp3) is 0.217. The minimum atomic E-state index is -4.81. The Hall–Kier alpha value is -3.95. The molecule has 33 heavy (non-hydrogen) atoms. The molecule has 0 unspecified atom stereocenters. The molecule has 2 heterocycles. The molecule has 0 aliphatic rings. The van der Waals surface area contributed by atoms with Gasteiger partial charge < -0.3 is 15.4 Å². The van der Waals surface area contributed by atoms with Crippen molar-refractivity contribution in [1.82, 2.24) is 15.3 Å². The third-order valence-electron chi connectivity index (χ3n) is 4.87. The van der Waals surface area contributed by atoms with Crippen LogP contribution in [0.15, 0.2) is 48.8 Å². The average Bonchev–Trinajstić information content (AvgIpc) is 2.82. The summed E-state index contributed by atoms with van der Waals surface area (Å²) in [7, 11) is 3.01. The van der Waals surface area contributed by atoms with Crippen LogP contribution in [-0.2, 0) is 6.42 Å². The maximum absolute atomic E-state index is 12.9. The third-order valence-corrected chi connectivity index (χ3v) is 4.87. The number of rotatable bonds is 7. The van der Waals surface area contributed by atoms with Crippen LogP contribution in [0, 0.1) is 5.41 Å². The maximum Gasteiger partial charge on any atom is 0.434 e. The van der Waals surface area contributed by atoms with Crippen molar-refractivity contribution in [1.29, 1.82) is 5.41 Å². The second-order valence-corrected chi connectivity index (χ2v) is 6.97. The number of hydrogen-bond donors (Lipinski definition) is 3. The highest BCUT2D eigenvalue weighted by atomic mass is 19.4. The molecule has 0 spiro atoms. The number of pyridine rings is 2. The Balaban J connectivity index is 0.00000408. The molecule has 1 amide bonds. The number of aromatic nitrogens is 2. The lowest BCUT2D eigenvalue weighted by atomic mass is 9.99. The molecular formula is C23H24F3N5O2. The van der Waals surface area contributed by atoms with Gasteiger partial charge in [0.25, 0.3) is 5.91 Å². The highest BCUT2D eigenvalue weighted by molar-refractivity contribution is 6.05. The number of ether oxygens (including phenoxy) is 1. The second-order valence-electron chi connectivity index (χ2n) is 6.97. The molecule has 3 rings (SSSR count). The Morgan fingerprint density at radius 3 is 2.52 bits per heavy atom. The topological polar surface area (TPSA) is 100.0 Å². The number of anilines is 1. The van der Waals surface area contributed by atoms with Gasteiger partial charge in [0.1, 0.15) is 17.2 Å². The van der Waals surface area contributed by atoms with Crippen molar-refractivity contribution in [3.05, 3.63) is 65.6 Å². The summed E-state index contributed by atoms with van der Waals surface area (Å²) in [6, 6.07) is 10.0. The van der Waals surface area contributed by atoms with E-state index in [1.54, 1.807) is 37.5 Å². The van der Waals surface area contributed by atoms with E-state index >= 15 is 0 Å². The van der Waals surface area contributed by atoms with Gasteiger partial charge in [-0.05, 0) is 30.2 Å². The molecule has 0 bridgehead atoms. The van der Waals surface area contributed by atoms with Gasteiger partial charge >= 0.3 is 6.18 Å². The van der Waals surface area contributed by atoms with E-state index in [1.165, 1.54) is 13.1 Å². The molecule has 10 heteroatoms. The zero-order valence-electron chi connectivity index (χ0n) is 18.2. The quantitative estimate of drug-likeness (QED) is 0.428. The zero-order chi connectivity index (χ0) is 24.2. The minimum absolute atomic E-state index is 0. The summed E-state index contributed by atoms with van der Waals surface area (Å²) in [5.74, 6) is 0.425. The van der Waals surface area contributed by atoms with Crippen LogP contribution in [0.25, 0.3) is 11.3 Å². The largest absolute Gasteiger partial charge is 0.456 e. The predicted octanol–water partition coefficient (Wildman–Crippen LogP) is 5.08. The molecule has 2 aromatic heterocycles. The summed E-state index contributed by atoms with van der Waals surface area (Å²) in [4.78, 5) is 20.2. The monoisotopic (exact) mass is 459 g/mol. The summed E-state index contributed by atoms with van der Waals surface area (Å²) in [5.41, 5.74) is 0.793. The number of amides is 1. The average molecular weight is 459 g/mol. The standard InChI is InChI=1S/C23H22F3N5O2.H2/c1-4-13-9-14(5-6-17(13)22(32)29-3)18-10-15(7-8-30-18)33-16-11-19(28-2)20(31-12-16)21(27)23(24,25)26;/h5-12,27-28H,4H2,1-3H3,(H,29,32);1H. The molecule has 7 nitrogen and oxygen atoms in total. The molecule has 174 valence electrons. The zero-order valence-corrected chi connectivity index (χ0v) is 18.2. The van der Waals surface area contributed by atoms with Crippen LogP contribution in [0.5, 0.6) is 11.5 Å². The first-order chi connectivity index (χ1) is 15.7. The van der Waals surface area contributed by atoms with Crippen LogP contribution in [-0.4, -0.2) is 41.9 Å². The van der Waals surface area contributed by atoms with Gasteiger partial charge in [-0.15, -0.1) is 0 Å². The molecule has 0 aliphatic heterocycles. The minimum Gasteiger partial charge on any atom is -0.456 e. The highest BCUT2D eigenvalue weighted by Gasteiger charge is 2.37. The van der Waals surface area contributed by atoms with E-state index < -0.39 is 17.6 Å². The van der Waals surface area contributed by atoms with E-state index in [1.807, 2.05) is 13.0 Å². The van der Waals surface area contributed by atoms with E-state index in [9.17, 15) is 18.0 Å². The molecule has 3 aromatic rings.